The number of carbonyl (C=O) groups excluding carboxylic acids is 1. The first-order chi connectivity index (χ1) is 13.1. The molecule has 0 aliphatic heterocycles. The predicted molar refractivity (Wildman–Crippen MR) is 98.5 cm³/mol. The summed E-state index contributed by atoms with van der Waals surface area (Å²) >= 11 is 0. The molecule has 27 heavy (non-hydrogen) atoms. The number of rotatable bonds is 6. The standard InChI is InChI=1S/C19H17N3O5/c1-25-14-9-13(10-15(11-14)26-2)7-8-18(23)27-12-22-19(24)16-5-3-4-6-17(16)20-21-22/h3-11H,12H2,1-2H3/b8-7+. The highest BCUT2D eigenvalue weighted by molar-refractivity contribution is 5.87. The van der Waals surface area contributed by atoms with Crippen molar-refractivity contribution in [1.82, 2.24) is 15.0 Å². The molecular formula is C19H17N3O5. The molecule has 0 spiro atoms. The van der Waals surface area contributed by atoms with Gasteiger partial charge in [-0.3, -0.25) is 4.79 Å². The first kappa shape index (κ1) is 18.1. The van der Waals surface area contributed by atoms with Crippen LogP contribution in [-0.2, 0) is 16.3 Å². The van der Waals surface area contributed by atoms with Crippen LogP contribution in [0.2, 0.25) is 0 Å². The third kappa shape index (κ3) is 4.30. The molecule has 1 aromatic heterocycles. The number of hydrogen-bond donors (Lipinski definition) is 0. The Bertz CT molecular complexity index is 1040. The molecule has 3 rings (SSSR count). The van der Waals surface area contributed by atoms with Crippen LogP contribution in [0.5, 0.6) is 11.5 Å². The highest BCUT2D eigenvalue weighted by Gasteiger charge is 2.07. The summed E-state index contributed by atoms with van der Waals surface area (Å²) in [5.74, 6) is 0.569. The number of aromatic nitrogens is 3. The average Bonchev–Trinajstić information content (AvgIpc) is 2.71. The first-order valence-electron chi connectivity index (χ1n) is 8.01. The lowest BCUT2D eigenvalue weighted by molar-refractivity contribution is -0.141. The Kier molecular flexibility index (Phi) is 5.46. The zero-order valence-electron chi connectivity index (χ0n) is 14.8. The molecule has 8 heteroatoms. The van der Waals surface area contributed by atoms with Gasteiger partial charge in [0.2, 0.25) is 0 Å². The van der Waals surface area contributed by atoms with Crippen molar-refractivity contribution in [1.29, 1.82) is 0 Å². The molecule has 0 aliphatic rings. The molecule has 0 radical (unpaired) electrons. The quantitative estimate of drug-likeness (QED) is 0.486. The minimum atomic E-state index is -0.626. The maximum absolute atomic E-state index is 12.3. The van der Waals surface area contributed by atoms with Crippen molar-refractivity contribution < 1.29 is 19.0 Å². The van der Waals surface area contributed by atoms with Gasteiger partial charge in [-0.05, 0) is 35.9 Å². The zero-order chi connectivity index (χ0) is 19.2. The van der Waals surface area contributed by atoms with Gasteiger partial charge in [0.15, 0.2) is 6.73 Å². The van der Waals surface area contributed by atoms with E-state index in [0.29, 0.717) is 28.0 Å². The third-order valence-corrected chi connectivity index (χ3v) is 3.74. The predicted octanol–water partition coefficient (Wildman–Crippen LogP) is 2.02. The Hall–Kier alpha value is -3.68. The van der Waals surface area contributed by atoms with E-state index in [4.69, 9.17) is 14.2 Å². The van der Waals surface area contributed by atoms with E-state index in [1.165, 1.54) is 6.08 Å². The second-order valence-corrected chi connectivity index (χ2v) is 5.48. The van der Waals surface area contributed by atoms with Crippen molar-refractivity contribution >= 4 is 22.9 Å². The van der Waals surface area contributed by atoms with Crippen molar-refractivity contribution in [3.05, 3.63) is 64.5 Å². The molecule has 0 atom stereocenters. The van der Waals surface area contributed by atoms with Gasteiger partial charge in [-0.15, -0.1) is 5.10 Å². The number of hydrogen-bond acceptors (Lipinski definition) is 7. The number of nitrogens with zero attached hydrogens (tertiary/aromatic N) is 3. The molecule has 138 valence electrons. The molecule has 8 nitrogen and oxygen atoms in total. The number of benzene rings is 2. The second kappa shape index (κ2) is 8.13. The largest absolute Gasteiger partial charge is 0.497 e. The maximum Gasteiger partial charge on any atom is 0.332 e. The Labute approximate surface area is 154 Å². The van der Waals surface area contributed by atoms with Crippen LogP contribution in [0, 0.1) is 0 Å². The van der Waals surface area contributed by atoms with E-state index in [2.05, 4.69) is 10.3 Å². The monoisotopic (exact) mass is 367 g/mol. The summed E-state index contributed by atoms with van der Waals surface area (Å²) in [5, 5.41) is 8.09. The van der Waals surface area contributed by atoms with E-state index >= 15 is 0 Å². The van der Waals surface area contributed by atoms with Crippen molar-refractivity contribution in [3.8, 4) is 11.5 Å². The highest BCUT2D eigenvalue weighted by atomic mass is 16.5. The minimum Gasteiger partial charge on any atom is -0.497 e. The molecule has 0 N–H and O–H groups in total. The van der Waals surface area contributed by atoms with Gasteiger partial charge in [-0.25, -0.2) is 4.79 Å². The zero-order valence-corrected chi connectivity index (χ0v) is 14.8. The summed E-state index contributed by atoms with van der Waals surface area (Å²) in [6.45, 7) is -0.332. The molecule has 0 fully saturated rings. The molecule has 1 heterocycles. The van der Waals surface area contributed by atoms with Crippen LogP contribution in [0.4, 0.5) is 0 Å². The summed E-state index contributed by atoms with van der Waals surface area (Å²) in [5.41, 5.74) is 0.803. The highest BCUT2D eigenvalue weighted by Crippen LogP contribution is 2.23. The lowest BCUT2D eigenvalue weighted by Gasteiger charge is -2.06. The van der Waals surface area contributed by atoms with E-state index in [0.717, 1.165) is 4.68 Å². The van der Waals surface area contributed by atoms with Gasteiger partial charge in [0.05, 0.1) is 19.6 Å². The van der Waals surface area contributed by atoms with Crippen LogP contribution in [0.25, 0.3) is 17.0 Å². The summed E-state index contributed by atoms with van der Waals surface area (Å²) in [6.07, 6.45) is 2.80. The fraction of sp³-hybridized carbons (Fsp3) is 0.158. The molecule has 2 aromatic carbocycles. The van der Waals surface area contributed by atoms with E-state index in [1.807, 2.05) is 0 Å². The SMILES string of the molecule is COc1cc(/C=C/C(=O)OCn2nnc3ccccc3c2=O)cc(OC)c1. The smallest absolute Gasteiger partial charge is 0.332 e. The van der Waals surface area contributed by atoms with Crippen LogP contribution in [0.1, 0.15) is 5.56 Å². The van der Waals surface area contributed by atoms with Crippen LogP contribution in [-0.4, -0.2) is 35.2 Å². The Morgan fingerprint density at radius 2 is 1.81 bits per heavy atom. The molecule has 0 saturated carbocycles. The normalized spacial score (nSPS) is 10.9. The molecular weight excluding hydrogens is 350 g/mol. The fourth-order valence-corrected chi connectivity index (χ4v) is 2.37. The van der Waals surface area contributed by atoms with E-state index < -0.39 is 5.97 Å². The summed E-state index contributed by atoms with van der Waals surface area (Å²) in [6, 6.07) is 12.0. The molecule has 0 bridgehead atoms. The van der Waals surface area contributed by atoms with Gasteiger partial charge in [-0.2, -0.15) is 4.68 Å². The lowest BCUT2D eigenvalue weighted by Crippen LogP contribution is -2.26. The van der Waals surface area contributed by atoms with Gasteiger partial charge >= 0.3 is 5.97 Å². The molecule has 0 saturated heterocycles. The van der Waals surface area contributed by atoms with Crippen molar-refractivity contribution in [3.63, 3.8) is 0 Å². The Morgan fingerprint density at radius 1 is 1.11 bits per heavy atom. The summed E-state index contributed by atoms with van der Waals surface area (Å²) < 4.78 is 16.4. The van der Waals surface area contributed by atoms with Crippen LogP contribution < -0.4 is 15.0 Å². The lowest BCUT2D eigenvalue weighted by atomic mass is 10.2. The Balaban J connectivity index is 1.69. The van der Waals surface area contributed by atoms with Crippen molar-refractivity contribution in [2.75, 3.05) is 14.2 Å². The molecule has 0 aliphatic carbocycles. The number of methoxy groups -OCH3 is 2. The first-order valence-corrected chi connectivity index (χ1v) is 8.01. The number of esters is 1. The van der Waals surface area contributed by atoms with Gasteiger partial charge in [0.25, 0.3) is 5.56 Å². The molecule has 0 amide bonds. The Morgan fingerprint density at radius 3 is 2.52 bits per heavy atom. The second-order valence-electron chi connectivity index (χ2n) is 5.48. The topological polar surface area (TPSA) is 92.5 Å². The molecule has 0 unspecified atom stereocenters. The average molecular weight is 367 g/mol. The summed E-state index contributed by atoms with van der Waals surface area (Å²) in [7, 11) is 3.08. The van der Waals surface area contributed by atoms with Gasteiger partial charge < -0.3 is 14.2 Å². The van der Waals surface area contributed by atoms with E-state index in [1.54, 1.807) is 62.8 Å². The van der Waals surface area contributed by atoms with E-state index in [9.17, 15) is 9.59 Å². The molecule has 3 aromatic rings. The van der Waals surface area contributed by atoms with Crippen molar-refractivity contribution in [2.45, 2.75) is 6.73 Å². The fourth-order valence-electron chi connectivity index (χ4n) is 2.37. The maximum atomic E-state index is 12.3. The van der Waals surface area contributed by atoms with Crippen LogP contribution >= 0.6 is 0 Å². The van der Waals surface area contributed by atoms with E-state index in [-0.39, 0.29) is 12.3 Å². The third-order valence-electron chi connectivity index (χ3n) is 3.74. The van der Waals surface area contributed by atoms with Crippen LogP contribution in [0.15, 0.2) is 53.3 Å². The summed E-state index contributed by atoms with van der Waals surface area (Å²) in [4.78, 5) is 24.2. The van der Waals surface area contributed by atoms with Gasteiger partial charge in [0, 0.05) is 12.1 Å². The van der Waals surface area contributed by atoms with Gasteiger partial charge in [-0.1, -0.05) is 17.3 Å². The van der Waals surface area contributed by atoms with Crippen molar-refractivity contribution in [2.24, 2.45) is 0 Å². The number of ether oxygens (including phenoxy) is 3. The van der Waals surface area contributed by atoms with Gasteiger partial charge in [0.1, 0.15) is 17.0 Å². The van der Waals surface area contributed by atoms with Crippen LogP contribution in [0.3, 0.4) is 0 Å². The number of fused-ring (bicyclic) bond motifs is 1. The minimum absolute atomic E-state index is 0.332. The number of carbonyl (C=O) groups is 1.